The highest BCUT2D eigenvalue weighted by molar-refractivity contribution is 7.89. The van der Waals surface area contributed by atoms with E-state index < -0.39 is 10.0 Å². The second kappa shape index (κ2) is 7.33. The molecule has 1 aromatic rings. The average Bonchev–Trinajstić information content (AvgIpc) is 2.48. The number of pyridine rings is 1. The first-order valence-corrected chi connectivity index (χ1v) is 9.23. The zero-order valence-corrected chi connectivity index (χ0v) is 13.6. The van der Waals surface area contributed by atoms with Crippen LogP contribution >= 0.6 is 0 Å². The average molecular weight is 311 g/mol. The van der Waals surface area contributed by atoms with Gasteiger partial charge < -0.3 is 5.32 Å². The fourth-order valence-corrected chi connectivity index (χ4v) is 3.64. The predicted molar refractivity (Wildman–Crippen MR) is 84.8 cm³/mol. The van der Waals surface area contributed by atoms with Crippen LogP contribution < -0.4 is 10.0 Å². The Kier molecular flexibility index (Phi) is 5.72. The van der Waals surface area contributed by atoms with Crippen molar-refractivity contribution in [1.82, 2.24) is 15.0 Å². The summed E-state index contributed by atoms with van der Waals surface area (Å²) in [7, 11) is -1.66. The molecule has 1 saturated carbocycles. The third-order valence-electron chi connectivity index (χ3n) is 4.23. The first kappa shape index (κ1) is 16.4. The zero-order valence-electron chi connectivity index (χ0n) is 12.8. The van der Waals surface area contributed by atoms with Crippen molar-refractivity contribution in [3.05, 3.63) is 29.6 Å². The van der Waals surface area contributed by atoms with E-state index in [1.807, 2.05) is 12.3 Å². The lowest BCUT2D eigenvalue weighted by atomic mass is 9.82. The molecule has 118 valence electrons. The minimum Gasteiger partial charge on any atom is -0.313 e. The van der Waals surface area contributed by atoms with Crippen molar-refractivity contribution in [2.75, 3.05) is 19.3 Å². The fourth-order valence-electron chi connectivity index (χ4n) is 3.05. The van der Waals surface area contributed by atoms with Gasteiger partial charge in [-0.2, -0.15) is 0 Å². The molecule has 0 bridgehead atoms. The molecule has 1 aliphatic carbocycles. The van der Waals surface area contributed by atoms with Gasteiger partial charge in [-0.25, -0.2) is 13.1 Å². The number of aromatic nitrogens is 1. The summed E-state index contributed by atoms with van der Waals surface area (Å²) in [5, 5.41) is 3.38. The first-order valence-electron chi connectivity index (χ1n) is 7.58. The van der Waals surface area contributed by atoms with E-state index in [0.29, 0.717) is 18.5 Å². The Bertz CT molecular complexity index is 560. The molecular weight excluding hydrogens is 286 g/mol. The maximum atomic E-state index is 11.4. The summed E-state index contributed by atoms with van der Waals surface area (Å²) in [6.07, 6.45) is 6.35. The lowest BCUT2D eigenvalue weighted by Gasteiger charge is -2.30. The lowest BCUT2D eigenvalue weighted by Crippen LogP contribution is -2.38. The van der Waals surface area contributed by atoms with E-state index in [2.05, 4.69) is 28.0 Å². The predicted octanol–water partition coefficient (Wildman–Crippen LogP) is 1.56. The van der Waals surface area contributed by atoms with E-state index >= 15 is 0 Å². The molecule has 2 atom stereocenters. The molecule has 1 heterocycles. The van der Waals surface area contributed by atoms with Crippen molar-refractivity contribution < 1.29 is 8.42 Å². The number of rotatable bonds is 6. The molecule has 2 N–H and O–H groups in total. The van der Waals surface area contributed by atoms with Crippen molar-refractivity contribution in [3.63, 3.8) is 0 Å². The Labute approximate surface area is 127 Å². The third-order valence-corrected chi connectivity index (χ3v) is 5.59. The number of sulfonamides is 1. The summed E-state index contributed by atoms with van der Waals surface area (Å²) in [5.74, 6) is 0.617. The second-order valence-electron chi connectivity index (χ2n) is 5.74. The molecule has 1 aliphatic rings. The molecule has 1 aromatic heterocycles. The normalized spacial score (nSPS) is 23.1. The van der Waals surface area contributed by atoms with Gasteiger partial charge in [-0.05, 0) is 44.9 Å². The van der Waals surface area contributed by atoms with Crippen LogP contribution in [0, 0.1) is 6.92 Å². The third kappa shape index (κ3) is 4.76. The highest BCUT2D eigenvalue weighted by Crippen LogP contribution is 2.33. The van der Waals surface area contributed by atoms with Crippen molar-refractivity contribution in [2.24, 2.45) is 0 Å². The topological polar surface area (TPSA) is 71.1 Å². The van der Waals surface area contributed by atoms with E-state index in [-0.39, 0.29) is 5.75 Å². The Morgan fingerprint density at radius 2 is 2.19 bits per heavy atom. The summed E-state index contributed by atoms with van der Waals surface area (Å²) in [4.78, 5) is 4.54. The Hall–Kier alpha value is -0.980. The Morgan fingerprint density at radius 1 is 1.38 bits per heavy atom. The summed E-state index contributed by atoms with van der Waals surface area (Å²) in [6.45, 7) is 2.61. The maximum Gasteiger partial charge on any atom is 0.212 e. The minimum absolute atomic E-state index is 0.132. The van der Waals surface area contributed by atoms with Crippen LogP contribution in [0.1, 0.15) is 42.9 Å². The summed E-state index contributed by atoms with van der Waals surface area (Å²) >= 11 is 0. The Morgan fingerprint density at radius 3 is 2.90 bits per heavy atom. The van der Waals surface area contributed by atoms with E-state index in [1.54, 1.807) is 0 Å². The second-order valence-corrected chi connectivity index (χ2v) is 7.79. The molecular formula is C15H25N3O2S. The molecule has 0 spiro atoms. The molecule has 2 unspecified atom stereocenters. The number of nitrogens with one attached hydrogen (secondary N) is 2. The summed E-state index contributed by atoms with van der Waals surface area (Å²) in [6, 6.07) is 4.47. The zero-order chi connectivity index (χ0) is 15.3. The maximum absolute atomic E-state index is 11.4. The van der Waals surface area contributed by atoms with Gasteiger partial charge in [0.15, 0.2) is 0 Å². The van der Waals surface area contributed by atoms with Crippen LogP contribution in [-0.2, 0) is 10.0 Å². The molecule has 0 saturated heterocycles. The van der Waals surface area contributed by atoms with Crippen LogP contribution in [-0.4, -0.2) is 38.8 Å². The van der Waals surface area contributed by atoms with Crippen molar-refractivity contribution in [3.8, 4) is 0 Å². The molecule has 1 fully saturated rings. The molecule has 0 amide bonds. The number of hydrogen-bond donors (Lipinski definition) is 2. The van der Waals surface area contributed by atoms with Gasteiger partial charge in [0.25, 0.3) is 0 Å². The van der Waals surface area contributed by atoms with Crippen LogP contribution in [0.3, 0.4) is 0 Å². The minimum atomic E-state index is -3.12. The quantitative estimate of drug-likeness (QED) is 0.836. The highest BCUT2D eigenvalue weighted by atomic mass is 32.2. The van der Waals surface area contributed by atoms with Gasteiger partial charge in [0.1, 0.15) is 0 Å². The number of aryl methyl sites for hydroxylation is 1. The van der Waals surface area contributed by atoms with Crippen LogP contribution in [0.2, 0.25) is 0 Å². The van der Waals surface area contributed by atoms with Gasteiger partial charge in [0, 0.05) is 30.4 Å². The van der Waals surface area contributed by atoms with Crippen LogP contribution in [0.5, 0.6) is 0 Å². The monoisotopic (exact) mass is 311 g/mol. The largest absolute Gasteiger partial charge is 0.313 e. The standard InChI is InChI=1S/C15H25N3O2S/c1-12-5-4-8-18-15(12)13-6-3-7-14(11-13)17-9-10-21(19,20)16-2/h4-5,8,13-14,16-17H,3,6-7,9-11H2,1-2H3. The van der Waals surface area contributed by atoms with Crippen LogP contribution in [0.4, 0.5) is 0 Å². The fraction of sp³-hybridized carbons (Fsp3) is 0.667. The highest BCUT2D eigenvalue weighted by Gasteiger charge is 2.25. The van der Waals surface area contributed by atoms with Gasteiger partial charge >= 0.3 is 0 Å². The first-order chi connectivity index (χ1) is 10.0. The van der Waals surface area contributed by atoms with Gasteiger partial charge in [-0.1, -0.05) is 12.5 Å². The van der Waals surface area contributed by atoms with E-state index in [0.717, 1.165) is 19.3 Å². The molecule has 21 heavy (non-hydrogen) atoms. The molecule has 6 heteroatoms. The molecule has 5 nitrogen and oxygen atoms in total. The Balaban J connectivity index is 1.88. The van der Waals surface area contributed by atoms with E-state index in [4.69, 9.17) is 0 Å². The molecule has 2 rings (SSSR count). The van der Waals surface area contributed by atoms with Gasteiger partial charge in [-0.15, -0.1) is 0 Å². The van der Waals surface area contributed by atoms with E-state index in [1.165, 1.54) is 24.7 Å². The van der Waals surface area contributed by atoms with Crippen LogP contribution in [0.25, 0.3) is 0 Å². The van der Waals surface area contributed by atoms with Crippen molar-refractivity contribution in [1.29, 1.82) is 0 Å². The smallest absolute Gasteiger partial charge is 0.212 e. The van der Waals surface area contributed by atoms with Crippen LogP contribution in [0.15, 0.2) is 18.3 Å². The number of nitrogens with zero attached hydrogens (tertiary/aromatic N) is 1. The summed E-state index contributed by atoms with van der Waals surface area (Å²) < 4.78 is 25.2. The van der Waals surface area contributed by atoms with Crippen molar-refractivity contribution in [2.45, 2.75) is 44.6 Å². The summed E-state index contributed by atoms with van der Waals surface area (Å²) in [5.41, 5.74) is 2.45. The molecule has 0 radical (unpaired) electrons. The van der Waals surface area contributed by atoms with Gasteiger partial charge in [0.05, 0.1) is 5.75 Å². The van der Waals surface area contributed by atoms with Gasteiger partial charge in [-0.3, -0.25) is 4.98 Å². The van der Waals surface area contributed by atoms with Crippen molar-refractivity contribution >= 4 is 10.0 Å². The SMILES string of the molecule is CNS(=O)(=O)CCNC1CCCC(c2ncccc2C)C1. The molecule has 0 aromatic carbocycles. The number of hydrogen-bond acceptors (Lipinski definition) is 4. The van der Waals surface area contributed by atoms with Gasteiger partial charge in [0.2, 0.25) is 10.0 Å². The van der Waals surface area contributed by atoms with E-state index in [9.17, 15) is 8.42 Å². The molecule has 0 aliphatic heterocycles. The lowest BCUT2D eigenvalue weighted by molar-refractivity contribution is 0.340.